The van der Waals surface area contributed by atoms with Crippen molar-refractivity contribution in [2.45, 2.75) is 33.2 Å². The number of carbonyl (C=O) groups excluding carboxylic acids is 1. The summed E-state index contributed by atoms with van der Waals surface area (Å²) in [6, 6.07) is 7.71. The summed E-state index contributed by atoms with van der Waals surface area (Å²) in [5, 5.41) is 4.69. The average molecular weight is 303 g/mol. The normalized spacial score (nSPS) is 11.5. The van der Waals surface area contributed by atoms with E-state index < -0.39 is 0 Å². The zero-order valence-electron chi connectivity index (χ0n) is 12.5. The monoisotopic (exact) mass is 302 g/mol. The van der Waals surface area contributed by atoms with E-state index in [-0.39, 0.29) is 5.78 Å². The molecule has 1 aromatic heterocycles. The van der Waals surface area contributed by atoms with E-state index in [0.717, 1.165) is 5.69 Å². The molecule has 21 heavy (non-hydrogen) atoms. The molecule has 0 aliphatic heterocycles. The fourth-order valence-electron chi connectivity index (χ4n) is 2.07. The van der Waals surface area contributed by atoms with E-state index in [1.807, 2.05) is 31.2 Å². The van der Waals surface area contributed by atoms with Gasteiger partial charge in [0.2, 0.25) is 0 Å². The van der Waals surface area contributed by atoms with Crippen molar-refractivity contribution in [3.63, 3.8) is 0 Å². The summed E-state index contributed by atoms with van der Waals surface area (Å²) in [6.07, 6.45) is 4.85. The highest BCUT2D eigenvalue weighted by Crippen LogP contribution is 2.18. The summed E-state index contributed by atoms with van der Waals surface area (Å²) in [5.74, 6) is 0.424. The maximum atomic E-state index is 12.2. The number of benzene rings is 1. The Morgan fingerprint density at radius 1 is 1.33 bits per heavy atom. The van der Waals surface area contributed by atoms with E-state index in [4.69, 9.17) is 11.6 Å². The Labute approximate surface area is 130 Å². The van der Waals surface area contributed by atoms with E-state index in [1.165, 1.54) is 5.56 Å². The van der Waals surface area contributed by atoms with Crippen molar-refractivity contribution in [3.8, 4) is 0 Å². The Hall–Kier alpha value is -1.87. The van der Waals surface area contributed by atoms with Gasteiger partial charge in [0.05, 0.1) is 16.9 Å². The molecule has 1 aromatic carbocycles. The van der Waals surface area contributed by atoms with E-state index in [1.54, 1.807) is 23.0 Å². The van der Waals surface area contributed by atoms with Crippen molar-refractivity contribution >= 4 is 23.5 Å². The largest absolute Gasteiger partial charge is 0.289 e. The number of aryl methyl sites for hydroxylation is 1. The Balaban J connectivity index is 2.17. The summed E-state index contributed by atoms with van der Waals surface area (Å²) in [4.78, 5) is 12.2. The van der Waals surface area contributed by atoms with Gasteiger partial charge in [-0.3, -0.25) is 9.48 Å². The highest BCUT2D eigenvalue weighted by atomic mass is 35.5. The van der Waals surface area contributed by atoms with Gasteiger partial charge in [-0.2, -0.15) is 5.10 Å². The number of carbonyl (C=O) groups is 1. The molecule has 0 saturated heterocycles. The fraction of sp³-hybridized carbons (Fsp3) is 0.294. The molecule has 2 rings (SSSR count). The lowest BCUT2D eigenvalue weighted by atomic mass is 10.0. The van der Waals surface area contributed by atoms with Crippen LogP contribution in [0.3, 0.4) is 0 Å². The summed E-state index contributed by atoms with van der Waals surface area (Å²) in [5.41, 5.74) is 2.66. The van der Waals surface area contributed by atoms with Crippen LogP contribution >= 0.6 is 11.6 Å². The number of hydrogen-bond donors (Lipinski definition) is 0. The van der Waals surface area contributed by atoms with Crippen molar-refractivity contribution in [2.75, 3.05) is 0 Å². The highest BCUT2D eigenvalue weighted by molar-refractivity contribution is 6.31. The minimum Gasteiger partial charge on any atom is -0.289 e. The van der Waals surface area contributed by atoms with Gasteiger partial charge < -0.3 is 0 Å². The van der Waals surface area contributed by atoms with E-state index in [9.17, 15) is 4.79 Å². The third kappa shape index (κ3) is 3.61. The number of aromatic nitrogens is 2. The predicted octanol–water partition coefficient (Wildman–Crippen LogP) is 4.58. The molecule has 0 aliphatic rings. The van der Waals surface area contributed by atoms with Gasteiger partial charge >= 0.3 is 0 Å². The molecule has 0 amide bonds. The Kier molecular flexibility index (Phi) is 4.97. The molecule has 4 heteroatoms. The van der Waals surface area contributed by atoms with Gasteiger partial charge in [0.1, 0.15) is 0 Å². The van der Waals surface area contributed by atoms with Crippen LogP contribution in [0.4, 0.5) is 0 Å². The van der Waals surface area contributed by atoms with E-state index >= 15 is 0 Å². The smallest absolute Gasteiger partial charge is 0.185 e. The molecule has 0 saturated carbocycles. The zero-order chi connectivity index (χ0) is 15.4. The molecular formula is C17H19ClN2O. The summed E-state index contributed by atoms with van der Waals surface area (Å²) in [6.45, 7) is 6.95. The molecule has 1 heterocycles. The third-order valence-electron chi connectivity index (χ3n) is 3.39. The fourth-order valence-corrected chi connectivity index (χ4v) is 2.28. The molecule has 0 unspecified atom stereocenters. The van der Waals surface area contributed by atoms with Gasteiger partial charge in [-0.15, -0.1) is 0 Å². The minimum absolute atomic E-state index is 0.0368. The first kappa shape index (κ1) is 15.5. The number of ketones is 1. The second-order valence-corrected chi connectivity index (χ2v) is 5.58. The zero-order valence-corrected chi connectivity index (χ0v) is 13.3. The van der Waals surface area contributed by atoms with Crippen molar-refractivity contribution in [2.24, 2.45) is 0 Å². The second-order valence-electron chi connectivity index (χ2n) is 5.17. The van der Waals surface area contributed by atoms with Gasteiger partial charge in [0, 0.05) is 12.1 Å². The Morgan fingerprint density at radius 2 is 2.00 bits per heavy atom. The third-order valence-corrected chi connectivity index (χ3v) is 3.68. The van der Waals surface area contributed by atoms with Crippen molar-refractivity contribution in [1.82, 2.24) is 9.78 Å². The molecule has 0 spiro atoms. The van der Waals surface area contributed by atoms with E-state index in [0.29, 0.717) is 23.0 Å². The van der Waals surface area contributed by atoms with Crippen molar-refractivity contribution in [1.29, 1.82) is 0 Å². The van der Waals surface area contributed by atoms with Crippen LogP contribution in [0.25, 0.3) is 6.08 Å². The lowest BCUT2D eigenvalue weighted by Gasteiger charge is -2.05. The molecule has 0 bridgehead atoms. The molecule has 0 radical (unpaired) electrons. The lowest BCUT2D eigenvalue weighted by Crippen LogP contribution is -2.00. The maximum absolute atomic E-state index is 12.2. The molecule has 0 N–H and O–H groups in total. The quantitative estimate of drug-likeness (QED) is 0.599. The SMILES string of the molecule is CCn1ncc(Cl)c1/C=C/C(=O)c1ccc(C(C)C)cc1. The number of allylic oxidation sites excluding steroid dienone is 1. The van der Waals surface area contributed by atoms with Crippen molar-refractivity contribution in [3.05, 3.63) is 58.4 Å². The summed E-state index contributed by atoms with van der Waals surface area (Å²) < 4.78 is 1.76. The maximum Gasteiger partial charge on any atom is 0.185 e. The summed E-state index contributed by atoms with van der Waals surface area (Å²) in [7, 11) is 0. The van der Waals surface area contributed by atoms with Crippen LogP contribution in [0.1, 0.15) is 48.3 Å². The Bertz CT molecular complexity index is 654. The number of hydrogen-bond acceptors (Lipinski definition) is 2. The number of nitrogens with zero attached hydrogens (tertiary/aromatic N) is 2. The van der Waals surface area contributed by atoms with Crippen LogP contribution in [-0.4, -0.2) is 15.6 Å². The topological polar surface area (TPSA) is 34.9 Å². The number of rotatable bonds is 5. The van der Waals surface area contributed by atoms with Crippen LogP contribution in [0.5, 0.6) is 0 Å². The molecule has 0 aliphatic carbocycles. The van der Waals surface area contributed by atoms with Crippen molar-refractivity contribution < 1.29 is 4.79 Å². The van der Waals surface area contributed by atoms with Crippen LogP contribution in [0.2, 0.25) is 5.02 Å². The van der Waals surface area contributed by atoms with Crippen LogP contribution in [-0.2, 0) is 6.54 Å². The number of halogens is 1. The van der Waals surface area contributed by atoms with Gasteiger partial charge in [-0.1, -0.05) is 49.7 Å². The minimum atomic E-state index is -0.0368. The standard InChI is InChI=1S/C17H19ClN2O/c1-4-20-16(15(18)11-19-20)9-10-17(21)14-7-5-13(6-8-14)12(2)3/h5-12H,4H2,1-3H3/b10-9+. The van der Waals surface area contributed by atoms with Crippen LogP contribution < -0.4 is 0 Å². The second kappa shape index (κ2) is 6.72. The lowest BCUT2D eigenvalue weighted by molar-refractivity contribution is 0.104. The first-order valence-corrected chi connectivity index (χ1v) is 7.44. The predicted molar refractivity (Wildman–Crippen MR) is 86.8 cm³/mol. The molecular weight excluding hydrogens is 284 g/mol. The Morgan fingerprint density at radius 3 is 2.57 bits per heavy atom. The van der Waals surface area contributed by atoms with Crippen LogP contribution in [0, 0.1) is 0 Å². The first-order valence-electron chi connectivity index (χ1n) is 7.06. The molecule has 0 atom stereocenters. The van der Waals surface area contributed by atoms with Gasteiger partial charge in [-0.25, -0.2) is 0 Å². The molecule has 3 nitrogen and oxygen atoms in total. The average Bonchev–Trinajstić information content (AvgIpc) is 2.85. The molecule has 2 aromatic rings. The highest BCUT2D eigenvalue weighted by Gasteiger charge is 2.07. The molecule has 110 valence electrons. The van der Waals surface area contributed by atoms with Gasteiger partial charge in [-0.05, 0) is 30.6 Å². The molecule has 0 fully saturated rings. The van der Waals surface area contributed by atoms with Gasteiger partial charge in [0.15, 0.2) is 5.78 Å². The van der Waals surface area contributed by atoms with E-state index in [2.05, 4.69) is 18.9 Å². The van der Waals surface area contributed by atoms with Gasteiger partial charge in [0.25, 0.3) is 0 Å². The first-order chi connectivity index (χ1) is 10.0. The van der Waals surface area contributed by atoms with Crippen LogP contribution in [0.15, 0.2) is 36.5 Å². The summed E-state index contributed by atoms with van der Waals surface area (Å²) >= 11 is 6.06.